The number of benzene rings is 2. The summed E-state index contributed by atoms with van der Waals surface area (Å²) in [7, 11) is 0. The molecule has 0 saturated carbocycles. The highest BCUT2D eigenvalue weighted by Gasteiger charge is 2.37. The SMILES string of the molecule is N#CC(=C=[N-])C1c2ccccc2-c2ccccc2C1C(=C=[N-])C#N. The molecule has 24 heavy (non-hydrogen) atoms. The Morgan fingerprint density at radius 2 is 1.08 bits per heavy atom. The minimum absolute atomic E-state index is 0.00459. The Kier molecular flexibility index (Phi) is 3.94. The summed E-state index contributed by atoms with van der Waals surface area (Å²) in [5, 5.41) is 37.6. The largest absolute Gasteiger partial charge is 0.762 e. The summed E-state index contributed by atoms with van der Waals surface area (Å²) < 4.78 is 0. The van der Waals surface area contributed by atoms with E-state index in [-0.39, 0.29) is 11.1 Å². The number of allylic oxidation sites excluding steroid dienone is 2. The monoisotopic (exact) mass is 306 g/mol. The third kappa shape index (κ3) is 2.17. The normalized spacial score (nSPS) is 17.1. The van der Waals surface area contributed by atoms with Crippen LogP contribution in [0.5, 0.6) is 0 Å². The summed E-state index contributed by atoms with van der Waals surface area (Å²) in [4.78, 5) is 0. The lowest BCUT2D eigenvalue weighted by atomic mass is 9.67. The molecule has 0 aliphatic heterocycles. The van der Waals surface area contributed by atoms with E-state index in [1.165, 1.54) is 0 Å². The van der Waals surface area contributed by atoms with Gasteiger partial charge in [-0.3, -0.25) is 11.7 Å². The summed E-state index contributed by atoms with van der Waals surface area (Å²) in [6.07, 6.45) is 0. The Morgan fingerprint density at radius 3 is 1.42 bits per heavy atom. The van der Waals surface area contributed by atoms with E-state index in [9.17, 15) is 21.3 Å². The van der Waals surface area contributed by atoms with E-state index in [1.54, 1.807) is 0 Å². The summed E-state index contributed by atoms with van der Waals surface area (Å²) in [6.45, 7) is 0. The van der Waals surface area contributed by atoms with E-state index >= 15 is 0 Å². The van der Waals surface area contributed by atoms with Gasteiger partial charge in [0.25, 0.3) is 0 Å². The molecule has 0 bridgehead atoms. The number of hydrogen-bond acceptors (Lipinski definition) is 2. The van der Waals surface area contributed by atoms with Gasteiger partial charge in [-0.05, 0) is 22.3 Å². The zero-order valence-corrected chi connectivity index (χ0v) is 12.6. The molecule has 2 aromatic carbocycles. The first-order chi connectivity index (χ1) is 11.8. The van der Waals surface area contributed by atoms with Crippen LogP contribution in [0.4, 0.5) is 0 Å². The van der Waals surface area contributed by atoms with E-state index in [4.69, 9.17) is 0 Å². The van der Waals surface area contributed by atoms with Gasteiger partial charge in [0.15, 0.2) is 0 Å². The molecule has 1 aliphatic carbocycles. The highest BCUT2D eigenvalue weighted by Crippen LogP contribution is 2.51. The van der Waals surface area contributed by atoms with Crippen molar-refractivity contribution in [3.63, 3.8) is 0 Å². The van der Waals surface area contributed by atoms with E-state index in [0.717, 1.165) is 22.3 Å². The van der Waals surface area contributed by atoms with Crippen molar-refractivity contribution in [2.24, 2.45) is 0 Å². The summed E-state index contributed by atoms with van der Waals surface area (Å²) in [5.41, 5.74) is 3.44. The molecule has 0 spiro atoms. The van der Waals surface area contributed by atoms with Gasteiger partial charge in [0.1, 0.15) is 12.1 Å². The molecule has 4 nitrogen and oxygen atoms in total. The maximum atomic E-state index is 9.41. The molecule has 0 N–H and O–H groups in total. The molecule has 0 radical (unpaired) electrons. The van der Waals surface area contributed by atoms with Gasteiger partial charge in [0.2, 0.25) is 0 Å². The van der Waals surface area contributed by atoms with Crippen LogP contribution in [-0.4, -0.2) is 11.7 Å². The highest BCUT2D eigenvalue weighted by molar-refractivity contribution is 5.83. The van der Waals surface area contributed by atoms with Crippen molar-refractivity contribution in [1.29, 1.82) is 10.5 Å². The van der Waals surface area contributed by atoms with Crippen LogP contribution >= 0.6 is 0 Å². The molecule has 2 unspecified atom stereocenters. The van der Waals surface area contributed by atoms with Crippen molar-refractivity contribution in [3.05, 3.63) is 81.6 Å². The molecule has 3 rings (SSSR count). The smallest absolute Gasteiger partial charge is 0.102 e. The van der Waals surface area contributed by atoms with Crippen LogP contribution in [0.1, 0.15) is 23.0 Å². The van der Waals surface area contributed by atoms with Crippen LogP contribution < -0.4 is 0 Å². The molecule has 2 aromatic rings. The maximum Gasteiger partial charge on any atom is 0.102 e. The molecular weight excluding hydrogens is 296 g/mol. The number of hydrogen-bond donors (Lipinski definition) is 0. The van der Waals surface area contributed by atoms with Crippen LogP contribution in [0.25, 0.3) is 21.9 Å². The minimum atomic E-state index is -0.625. The standard InChI is InChI=1S/C20H10N4/c21-9-13(10-22)19-17-7-3-1-5-15(17)16-6-2-4-8-18(16)20(19)14(11-23)12-24/h1-8,19-20H/q-2. The Bertz CT molecular complexity index is 923. The molecule has 112 valence electrons. The zero-order chi connectivity index (χ0) is 17.1. The zero-order valence-electron chi connectivity index (χ0n) is 12.6. The lowest BCUT2D eigenvalue weighted by molar-refractivity contribution is 0.698. The summed E-state index contributed by atoms with van der Waals surface area (Å²) in [5.74, 6) is 2.65. The van der Waals surface area contributed by atoms with Gasteiger partial charge < -0.3 is 10.8 Å². The molecule has 2 atom stereocenters. The molecule has 0 saturated heterocycles. The first-order valence-corrected chi connectivity index (χ1v) is 7.29. The number of nitriles is 2. The van der Waals surface area contributed by atoms with E-state index in [1.807, 2.05) is 72.4 Å². The van der Waals surface area contributed by atoms with Gasteiger partial charge in [-0.1, -0.05) is 48.5 Å². The maximum absolute atomic E-state index is 9.41. The number of fused-ring (bicyclic) bond motifs is 3. The molecule has 4 heteroatoms. The second kappa shape index (κ2) is 6.21. The summed E-state index contributed by atoms with van der Waals surface area (Å²) in [6, 6.07) is 18.9. The molecule has 0 fully saturated rings. The molecule has 1 aliphatic rings. The Morgan fingerprint density at radius 1 is 0.708 bits per heavy atom. The Hall–Kier alpha value is -3.68. The third-order valence-corrected chi connectivity index (χ3v) is 4.32. The fourth-order valence-electron chi connectivity index (χ4n) is 3.36. The second-order valence-corrected chi connectivity index (χ2v) is 5.40. The van der Waals surface area contributed by atoms with Gasteiger partial charge in [-0.2, -0.15) is 10.5 Å². The van der Waals surface area contributed by atoms with Gasteiger partial charge in [0, 0.05) is 11.8 Å². The first kappa shape index (κ1) is 15.2. The van der Waals surface area contributed by atoms with Crippen molar-refractivity contribution < 1.29 is 0 Å². The predicted octanol–water partition coefficient (Wildman–Crippen LogP) is 3.91. The van der Waals surface area contributed by atoms with Crippen LogP contribution in [-0.2, 0) is 0 Å². The minimum Gasteiger partial charge on any atom is -0.762 e. The lowest BCUT2D eigenvalue weighted by Crippen LogP contribution is -2.21. The quantitative estimate of drug-likeness (QED) is 0.621. The van der Waals surface area contributed by atoms with Crippen molar-refractivity contribution in [2.45, 2.75) is 11.8 Å². The van der Waals surface area contributed by atoms with Crippen LogP contribution in [0.15, 0.2) is 59.7 Å². The summed E-state index contributed by atoms with van der Waals surface area (Å²) >= 11 is 0. The van der Waals surface area contributed by atoms with Crippen molar-refractivity contribution in [1.82, 2.24) is 0 Å². The average Bonchev–Trinajstić information content (AvgIpc) is 2.65. The van der Waals surface area contributed by atoms with Gasteiger partial charge >= 0.3 is 0 Å². The third-order valence-electron chi connectivity index (χ3n) is 4.32. The molecular formula is C20H10N4-2. The Labute approximate surface area is 139 Å². The van der Waals surface area contributed by atoms with Gasteiger partial charge in [-0.25, -0.2) is 0 Å². The fourth-order valence-corrected chi connectivity index (χ4v) is 3.36. The highest BCUT2D eigenvalue weighted by atomic mass is 14.4. The number of rotatable bonds is 2. The van der Waals surface area contributed by atoms with Crippen LogP contribution in [0.2, 0.25) is 0 Å². The number of nitrogens with zero attached hydrogens (tertiary/aromatic N) is 4. The first-order valence-electron chi connectivity index (χ1n) is 7.29. The van der Waals surface area contributed by atoms with Crippen molar-refractivity contribution in [2.75, 3.05) is 0 Å². The topological polar surface area (TPSA) is 92.2 Å². The Balaban J connectivity index is 2.43. The fraction of sp³-hybridized carbons (Fsp3) is 0.100. The lowest BCUT2D eigenvalue weighted by Gasteiger charge is -2.34. The van der Waals surface area contributed by atoms with E-state index in [2.05, 4.69) is 0 Å². The van der Waals surface area contributed by atoms with Crippen molar-refractivity contribution in [3.8, 4) is 23.3 Å². The predicted molar refractivity (Wildman–Crippen MR) is 92.3 cm³/mol. The van der Waals surface area contributed by atoms with Crippen LogP contribution in [0, 0.1) is 22.7 Å². The van der Waals surface area contributed by atoms with Crippen molar-refractivity contribution >= 4 is 11.7 Å². The second-order valence-electron chi connectivity index (χ2n) is 5.40. The van der Waals surface area contributed by atoms with Gasteiger partial charge in [0.05, 0.1) is 11.1 Å². The molecule has 0 aromatic heterocycles. The van der Waals surface area contributed by atoms with Gasteiger partial charge in [-0.15, -0.1) is 0 Å². The van der Waals surface area contributed by atoms with Crippen LogP contribution in [0.3, 0.4) is 0 Å². The van der Waals surface area contributed by atoms with E-state index in [0.29, 0.717) is 0 Å². The van der Waals surface area contributed by atoms with E-state index < -0.39 is 11.8 Å². The molecule has 0 heterocycles. The molecule has 0 amide bonds. The average molecular weight is 306 g/mol.